The zero-order chi connectivity index (χ0) is 36.4. The van der Waals surface area contributed by atoms with E-state index in [2.05, 4.69) is 9.47 Å². The zero-order valence-electron chi connectivity index (χ0n) is 25.7. The van der Waals surface area contributed by atoms with Crippen molar-refractivity contribution in [3.05, 3.63) is 119 Å². The lowest BCUT2D eigenvalue weighted by molar-refractivity contribution is -0.275. The summed E-state index contributed by atoms with van der Waals surface area (Å²) in [5.41, 5.74) is -4.46. The van der Waals surface area contributed by atoms with Gasteiger partial charge >= 0.3 is 12.5 Å². The average molecular weight is 719 g/mol. The van der Waals surface area contributed by atoms with E-state index in [-0.39, 0.29) is 42.4 Å². The van der Waals surface area contributed by atoms with Gasteiger partial charge in [0.2, 0.25) is 0 Å². The number of rotatable bonds is 10. The molecule has 266 valence electrons. The highest BCUT2D eigenvalue weighted by Gasteiger charge is 2.42. The Morgan fingerprint density at radius 1 is 0.700 bits per heavy atom. The topological polar surface area (TPSA) is 36.9 Å². The summed E-state index contributed by atoms with van der Waals surface area (Å²) in [5, 5.41) is 0. The third kappa shape index (κ3) is 8.38. The van der Waals surface area contributed by atoms with Gasteiger partial charge in [0.15, 0.2) is 17.9 Å². The van der Waals surface area contributed by atoms with Crippen molar-refractivity contribution in [1.82, 2.24) is 0 Å². The molecule has 0 unspecified atom stereocenters. The first-order valence-corrected chi connectivity index (χ1v) is 14.8. The summed E-state index contributed by atoms with van der Waals surface area (Å²) in [7, 11) is 0. The van der Waals surface area contributed by atoms with Crippen LogP contribution in [0.3, 0.4) is 0 Å². The molecule has 0 spiro atoms. The van der Waals surface area contributed by atoms with Crippen LogP contribution < -0.4 is 9.47 Å². The average Bonchev–Trinajstić information content (AvgIpc) is 3.01. The first kappa shape index (κ1) is 36.6. The first-order chi connectivity index (χ1) is 23.6. The van der Waals surface area contributed by atoms with Gasteiger partial charge in [0.05, 0.1) is 18.8 Å². The molecule has 0 amide bonds. The molecule has 4 aromatic rings. The molecular weight excluding hydrogens is 693 g/mol. The van der Waals surface area contributed by atoms with Gasteiger partial charge < -0.3 is 18.9 Å². The van der Waals surface area contributed by atoms with Crippen LogP contribution in [-0.4, -0.2) is 19.6 Å². The molecule has 15 heteroatoms. The minimum Gasteiger partial charge on any atom is -0.429 e. The molecule has 0 radical (unpaired) electrons. The fraction of sp³-hybridized carbons (Fsp3) is 0.257. The van der Waals surface area contributed by atoms with Crippen LogP contribution in [0.4, 0.5) is 48.3 Å². The van der Waals surface area contributed by atoms with Crippen LogP contribution in [-0.2, 0) is 15.6 Å². The number of benzene rings is 4. The maximum Gasteiger partial charge on any atom is 0.573 e. The Bertz CT molecular complexity index is 1840. The van der Waals surface area contributed by atoms with Crippen LogP contribution >= 0.6 is 0 Å². The lowest BCUT2D eigenvalue weighted by Crippen LogP contribution is -2.27. The molecule has 4 nitrogen and oxygen atoms in total. The minimum absolute atomic E-state index is 0.0518. The molecular formula is C35H25F11O4. The van der Waals surface area contributed by atoms with Gasteiger partial charge in [0.25, 0.3) is 0 Å². The Kier molecular flexibility index (Phi) is 10.8. The maximum absolute atomic E-state index is 15.1. The van der Waals surface area contributed by atoms with Gasteiger partial charge in [-0.2, -0.15) is 8.78 Å². The van der Waals surface area contributed by atoms with Crippen LogP contribution in [0.5, 0.6) is 11.5 Å². The highest BCUT2D eigenvalue weighted by molar-refractivity contribution is 5.67. The molecule has 1 saturated heterocycles. The summed E-state index contributed by atoms with van der Waals surface area (Å²) >= 11 is 0. The summed E-state index contributed by atoms with van der Waals surface area (Å²) in [5.74, 6) is -11.4. The van der Waals surface area contributed by atoms with Crippen LogP contribution in [0.25, 0.3) is 22.3 Å². The number of halogens is 11. The smallest absolute Gasteiger partial charge is 0.429 e. The van der Waals surface area contributed by atoms with E-state index in [4.69, 9.17) is 9.47 Å². The number of alkyl halides is 5. The van der Waals surface area contributed by atoms with Gasteiger partial charge in [0, 0.05) is 23.1 Å². The molecule has 1 fully saturated rings. The van der Waals surface area contributed by atoms with Gasteiger partial charge in [-0.25, -0.2) is 26.3 Å². The van der Waals surface area contributed by atoms with Crippen LogP contribution in [0.15, 0.2) is 72.8 Å². The summed E-state index contributed by atoms with van der Waals surface area (Å²) in [6.45, 7) is 2.40. The summed E-state index contributed by atoms with van der Waals surface area (Å²) < 4.78 is 176. The van der Waals surface area contributed by atoms with E-state index in [9.17, 15) is 22.0 Å². The lowest BCUT2D eigenvalue weighted by atomic mass is 9.99. The predicted molar refractivity (Wildman–Crippen MR) is 157 cm³/mol. The van der Waals surface area contributed by atoms with E-state index in [0.29, 0.717) is 18.2 Å². The predicted octanol–water partition coefficient (Wildman–Crippen LogP) is 10.9. The zero-order valence-corrected chi connectivity index (χ0v) is 25.7. The molecule has 1 aliphatic heterocycles. The summed E-state index contributed by atoms with van der Waals surface area (Å²) in [4.78, 5) is 0. The van der Waals surface area contributed by atoms with Crippen molar-refractivity contribution in [2.45, 2.75) is 38.5 Å². The summed E-state index contributed by atoms with van der Waals surface area (Å²) in [6.07, 6.45) is -5.68. The largest absolute Gasteiger partial charge is 0.573 e. The van der Waals surface area contributed by atoms with Gasteiger partial charge in [-0.15, -0.1) is 13.2 Å². The minimum atomic E-state index is -5.20. The number of hydrogen-bond donors (Lipinski definition) is 0. The second-order valence-electron chi connectivity index (χ2n) is 11.1. The van der Waals surface area contributed by atoms with Crippen molar-refractivity contribution in [2.24, 2.45) is 5.92 Å². The third-order valence-electron chi connectivity index (χ3n) is 7.56. The van der Waals surface area contributed by atoms with Gasteiger partial charge in [-0.3, -0.25) is 0 Å². The first-order valence-electron chi connectivity index (χ1n) is 14.8. The molecule has 0 N–H and O–H groups in total. The fourth-order valence-electron chi connectivity index (χ4n) is 5.27. The fourth-order valence-corrected chi connectivity index (χ4v) is 5.27. The molecule has 0 bridgehead atoms. The Morgan fingerprint density at radius 2 is 1.32 bits per heavy atom. The molecule has 0 saturated carbocycles. The second-order valence-corrected chi connectivity index (χ2v) is 11.1. The van der Waals surface area contributed by atoms with Crippen LogP contribution in [0, 0.1) is 40.8 Å². The Morgan fingerprint density at radius 3 is 1.88 bits per heavy atom. The lowest BCUT2D eigenvalue weighted by Gasteiger charge is -2.29. The SMILES string of the molecule is CC=CCCC1COC(c2cc(F)c(-c3cc(F)c(C(F)(F)Oc4ccc(-c5ccc(OC(F)(F)F)c(F)c5)c(F)c4)c(F)c3)c(F)c2)OC1. The third-order valence-corrected chi connectivity index (χ3v) is 7.56. The Hall–Kier alpha value is -4.63. The Labute approximate surface area is 277 Å². The van der Waals surface area contributed by atoms with Crippen molar-refractivity contribution in [3.63, 3.8) is 0 Å². The molecule has 0 aliphatic carbocycles. The van der Waals surface area contributed by atoms with Crippen molar-refractivity contribution >= 4 is 0 Å². The number of allylic oxidation sites excluding steroid dienone is 2. The summed E-state index contributed by atoms with van der Waals surface area (Å²) in [6, 6.07) is 6.03. The molecule has 0 aromatic heterocycles. The monoisotopic (exact) mass is 718 g/mol. The van der Waals surface area contributed by atoms with Crippen molar-refractivity contribution in [2.75, 3.05) is 13.2 Å². The molecule has 5 rings (SSSR count). The van der Waals surface area contributed by atoms with Gasteiger partial charge in [-0.05, 0) is 79.4 Å². The number of ether oxygens (including phenoxy) is 4. The van der Waals surface area contributed by atoms with E-state index < -0.39 is 87.4 Å². The highest BCUT2D eigenvalue weighted by atomic mass is 19.4. The highest BCUT2D eigenvalue weighted by Crippen LogP contribution is 2.40. The van der Waals surface area contributed by atoms with E-state index in [1.807, 2.05) is 19.1 Å². The maximum atomic E-state index is 15.1. The van der Waals surface area contributed by atoms with Crippen molar-refractivity contribution < 1.29 is 67.2 Å². The molecule has 4 aromatic carbocycles. The van der Waals surface area contributed by atoms with Crippen molar-refractivity contribution in [3.8, 4) is 33.8 Å². The number of hydrogen-bond acceptors (Lipinski definition) is 4. The van der Waals surface area contributed by atoms with E-state index in [1.54, 1.807) is 0 Å². The molecule has 1 heterocycles. The Balaban J connectivity index is 1.33. The molecule has 0 atom stereocenters. The normalized spacial score (nSPS) is 17.0. The van der Waals surface area contributed by atoms with Crippen LogP contribution in [0.1, 0.15) is 37.2 Å². The molecule has 50 heavy (non-hydrogen) atoms. The standard InChI is InChI=1S/C35H25F11O4/c1-2-3-4-5-18-16-47-33(48-17-18)21-13-26(38)31(27(39)14-21)20-11-28(40)32(29(41)12-20)34(42,43)49-22-7-8-23(24(36)15-22)19-6-9-30(25(37)10-19)50-35(44,45)46/h2-3,6-15,18,33H,4-5,16-17H2,1H3. The van der Waals surface area contributed by atoms with E-state index in [0.717, 1.165) is 43.2 Å². The second kappa shape index (κ2) is 14.7. The molecule has 1 aliphatic rings. The van der Waals surface area contributed by atoms with E-state index in [1.165, 1.54) is 0 Å². The quantitative estimate of drug-likeness (QED) is 0.121. The van der Waals surface area contributed by atoms with Crippen molar-refractivity contribution in [1.29, 1.82) is 0 Å². The van der Waals surface area contributed by atoms with Gasteiger partial charge in [-0.1, -0.05) is 18.2 Å². The van der Waals surface area contributed by atoms with Crippen LogP contribution in [0.2, 0.25) is 0 Å². The van der Waals surface area contributed by atoms with Gasteiger partial charge in [0.1, 0.15) is 40.4 Å². The van der Waals surface area contributed by atoms with E-state index >= 15 is 26.3 Å².